The van der Waals surface area contributed by atoms with Crippen molar-refractivity contribution < 1.29 is 14.3 Å². The van der Waals surface area contributed by atoms with Crippen LogP contribution in [0.25, 0.3) is 0 Å². The molecule has 0 aliphatic carbocycles. The Kier molecular flexibility index (Phi) is 5.67. The monoisotopic (exact) mass is 375 g/mol. The lowest BCUT2D eigenvalue weighted by Gasteiger charge is -2.33. The van der Waals surface area contributed by atoms with E-state index in [9.17, 15) is 9.59 Å². The second-order valence-corrected chi connectivity index (χ2v) is 6.66. The second kappa shape index (κ2) is 8.13. The number of nitrogens with one attached hydrogen (secondary N) is 1. The fraction of sp³-hybridized carbons (Fsp3) is 0.412. The first kappa shape index (κ1) is 18.1. The predicted octanol–water partition coefficient (Wildman–Crippen LogP) is 2.50. The molecule has 1 aliphatic rings. The van der Waals surface area contributed by atoms with Crippen LogP contribution < -0.4 is 5.32 Å². The molecule has 0 unspecified atom stereocenters. The fourth-order valence-electron chi connectivity index (χ4n) is 2.62. The van der Waals surface area contributed by atoms with Gasteiger partial charge in [0.15, 0.2) is 5.13 Å². The normalized spacial score (nSPS) is 14.2. The molecule has 0 aromatic carbocycles. The number of hydrogen-bond acceptors (Lipinski definition) is 7. The van der Waals surface area contributed by atoms with E-state index in [2.05, 4.69) is 15.3 Å². The molecule has 0 radical (unpaired) electrons. The van der Waals surface area contributed by atoms with Crippen molar-refractivity contribution in [2.24, 2.45) is 0 Å². The molecule has 0 spiro atoms. The third-order valence-electron chi connectivity index (χ3n) is 3.94. The molecular weight excluding hydrogens is 354 g/mol. The summed E-state index contributed by atoms with van der Waals surface area (Å²) in [5.41, 5.74) is 1.30. The van der Waals surface area contributed by atoms with Crippen molar-refractivity contribution in [3.63, 3.8) is 0 Å². The van der Waals surface area contributed by atoms with Gasteiger partial charge in [0, 0.05) is 37.3 Å². The number of anilines is 2. The number of carbonyl (C=O) groups is 2. The minimum Gasteiger partial charge on any atom is -0.450 e. The molecule has 2 amide bonds. The van der Waals surface area contributed by atoms with Gasteiger partial charge in [-0.2, -0.15) is 0 Å². The summed E-state index contributed by atoms with van der Waals surface area (Å²) in [6.07, 6.45) is -0.328. The van der Waals surface area contributed by atoms with Crippen LogP contribution in [0.1, 0.15) is 23.1 Å². The standard InChI is InChI=1S/C17H21N5O3S/c1-3-25-17(24)22-9-7-21(8-10-22)15(23)13-11-26-16(19-13)20-14-6-4-5-12(2)18-14/h4-6,11H,3,7-10H2,1-2H3,(H,18,19,20). The van der Waals surface area contributed by atoms with Crippen LogP contribution in [0.15, 0.2) is 23.6 Å². The molecule has 9 heteroatoms. The summed E-state index contributed by atoms with van der Waals surface area (Å²) in [7, 11) is 0. The minimum atomic E-state index is -0.328. The lowest BCUT2D eigenvalue weighted by molar-refractivity contribution is 0.0566. The summed E-state index contributed by atoms with van der Waals surface area (Å²) in [6, 6.07) is 5.68. The largest absolute Gasteiger partial charge is 0.450 e. The van der Waals surface area contributed by atoms with Gasteiger partial charge >= 0.3 is 6.09 Å². The smallest absolute Gasteiger partial charge is 0.409 e. The minimum absolute atomic E-state index is 0.130. The highest BCUT2D eigenvalue weighted by Crippen LogP contribution is 2.21. The van der Waals surface area contributed by atoms with Crippen molar-refractivity contribution in [2.75, 3.05) is 38.1 Å². The molecule has 26 heavy (non-hydrogen) atoms. The summed E-state index contributed by atoms with van der Waals surface area (Å²) in [4.78, 5) is 36.4. The summed E-state index contributed by atoms with van der Waals surface area (Å²) in [5, 5.41) is 5.47. The first-order valence-electron chi connectivity index (χ1n) is 8.44. The van der Waals surface area contributed by atoms with Crippen LogP contribution in [0.4, 0.5) is 15.7 Å². The zero-order chi connectivity index (χ0) is 18.5. The second-order valence-electron chi connectivity index (χ2n) is 5.81. The highest BCUT2D eigenvalue weighted by Gasteiger charge is 2.26. The molecule has 0 bridgehead atoms. The van der Waals surface area contributed by atoms with E-state index in [4.69, 9.17) is 4.74 Å². The third-order valence-corrected chi connectivity index (χ3v) is 4.70. The van der Waals surface area contributed by atoms with Crippen molar-refractivity contribution in [1.29, 1.82) is 0 Å². The van der Waals surface area contributed by atoms with E-state index in [-0.39, 0.29) is 12.0 Å². The van der Waals surface area contributed by atoms with Crippen LogP contribution in [-0.2, 0) is 4.74 Å². The number of pyridine rings is 1. The highest BCUT2D eigenvalue weighted by atomic mass is 32.1. The number of thiazole rings is 1. The maximum absolute atomic E-state index is 12.6. The number of aromatic nitrogens is 2. The Balaban J connectivity index is 1.58. The summed E-state index contributed by atoms with van der Waals surface area (Å²) >= 11 is 1.36. The van der Waals surface area contributed by atoms with Crippen LogP contribution >= 0.6 is 11.3 Å². The summed E-state index contributed by atoms with van der Waals surface area (Å²) in [6.45, 7) is 5.91. The quantitative estimate of drug-likeness (QED) is 0.883. The van der Waals surface area contributed by atoms with Crippen molar-refractivity contribution in [3.05, 3.63) is 35.0 Å². The fourth-order valence-corrected chi connectivity index (χ4v) is 3.31. The molecule has 2 aromatic heterocycles. The Hall–Kier alpha value is -2.68. The van der Waals surface area contributed by atoms with Crippen molar-refractivity contribution in [3.8, 4) is 0 Å². The molecule has 1 aliphatic heterocycles. The molecule has 138 valence electrons. The number of hydrogen-bond donors (Lipinski definition) is 1. The topological polar surface area (TPSA) is 87.7 Å². The summed E-state index contributed by atoms with van der Waals surface area (Å²) in [5.74, 6) is 0.566. The molecule has 0 saturated carbocycles. The van der Waals surface area contributed by atoms with E-state index in [0.29, 0.717) is 49.4 Å². The van der Waals surface area contributed by atoms with E-state index >= 15 is 0 Å². The number of aryl methyl sites for hydroxylation is 1. The van der Waals surface area contributed by atoms with Gasteiger partial charge < -0.3 is 19.9 Å². The van der Waals surface area contributed by atoms with Gasteiger partial charge in [0.1, 0.15) is 11.5 Å². The Morgan fingerprint density at radius 1 is 1.19 bits per heavy atom. The van der Waals surface area contributed by atoms with Crippen molar-refractivity contribution in [1.82, 2.24) is 19.8 Å². The average molecular weight is 375 g/mol. The van der Waals surface area contributed by atoms with Crippen LogP contribution in [0.5, 0.6) is 0 Å². The van der Waals surface area contributed by atoms with Crippen LogP contribution in [0, 0.1) is 6.92 Å². The molecule has 1 fully saturated rings. The van der Waals surface area contributed by atoms with Crippen molar-refractivity contribution >= 4 is 34.3 Å². The predicted molar refractivity (Wildman–Crippen MR) is 98.9 cm³/mol. The molecule has 3 heterocycles. The van der Waals surface area contributed by atoms with E-state index in [1.807, 2.05) is 25.1 Å². The number of rotatable bonds is 4. The van der Waals surface area contributed by atoms with Gasteiger partial charge in [0.05, 0.1) is 6.61 Å². The van der Waals surface area contributed by atoms with Crippen molar-refractivity contribution in [2.45, 2.75) is 13.8 Å². The van der Waals surface area contributed by atoms with Crippen LogP contribution in [-0.4, -0.2) is 64.6 Å². The van der Waals surface area contributed by atoms with Gasteiger partial charge in [-0.05, 0) is 26.0 Å². The average Bonchev–Trinajstić information content (AvgIpc) is 3.10. The number of piperazine rings is 1. The zero-order valence-corrected chi connectivity index (χ0v) is 15.6. The molecular formula is C17H21N5O3S. The number of ether oxygens (including phenoxy) is 1. The summed E-state index contributed by atoms with van der Waals surface area (Å²) < 4.78 is 4.99. The van der Waals surface area contributed by atoms with Gasteiger partial charge in [-0.3, -0.25) is 4.79 Å². The maximum atomic E-state index is 12.6. The number of carbonyl (C=O) groups excluding carboxylic acids is 2. The molecule has 2 aromatic rings. The first-order chi connectivity index (χ1) is 12.6. The van der Waals surface area contributed by atoms with E-state index in [1.165, 1.54) is 11.3 Å². The molecule has 8 nitrogen and oxygen atoms in total. The molecule has 3 rings (SSSR count). The highest BCUT2D eigenvalue weighted by molar-refractivity contribution is 7.14. The molecule has 1 N–H and O–H groups in total. The zero-order valence-electron chi connectivity index (χ0n) is 14.8. The maximum Gasteiger partial charge on any atom is 0.409 e. The van der Waals surface area contributed by atoms with Crippen LogP contribution in [0.2, 0.25) is 0 Å². The Morgan fingerprint density at radius 2 is 1.92 bits per heavy atom. The SMILES string of the molecule is CCOC(=O)N1CCN(C(=O)c2csc(Nc3cccc(C)n3)n2)CC1. The lowest BCUT2D eigenvalue weighted by atomic mass is 10.3. The number of nitrogens with zero attached hydrogens (tertiary/aromatic N) is 4. The Bertz CT molecular complexity index is 786. The van der Waals surface area contributed by atoms with Crippen LogP contribution in [0.3, 0.4) is 0 Å². The van der Waals surface area contributed by atoms with Gasteiger partial charge in [-0.25, -0.2) is 14.8 Å². The molecule has 0 atom stereocenters. The lowest BCUT2D eigenvalue weighted by Crippen LogP contribution is -2.50. The van der Waals surface area contributed by atoms with E-state index < -0.39 is 0 Å². The first-order valence-corrected chi connectivity index (χ1v) is 9.32. The van der Waals surface area contributed by atoms with E-state index in [1.54, 1.807) is 22.1 Å². The van der Waals surface area contributed by atoms with Gasteiger partial charge in [0.2, 0.25) is 0 Å². The Labute approximate surface area is 155 Å². The van der Waals surface area contributed by atoms with Gasteiger partial charge in [-0.15, -0.1) is 11.3 Å². The number of amides is 2. The van der Waals surface area contributed by atoms with Gasteiger partial charge in [-0.1, -0.05) is 6.07 Å². The van der Waals surface area contributed by atoms with Gasteiger partial charge in [0.25, 0.3) is 5.91 Å². The van der Waals surface area contributed by atoms with E-state index in [0.717, 1.165) is 5.69 Å². The third kappa shape index (κ3) is 4.29. The Morgan fingerprint density at radius 3 is 2.62 bits per heavy atom. The molecule has 1 saturated heterocycles.